The second kappa shape index (κ2) is 11.3. The molecule has 3 aromatic rings. The molecule has 0 radical (unpaired) electrons. The van der Waals surface area contributed by atoms with E-state index in [-0.39, 0.29) is 19.0 Å². The normalized spacial score (nSPS) is 10.4. The van der Waals surface area contributed by atoms with Gasteiger partial charge in [-0.1, -0.05) is 43.5 Å². The number of rotatable bonds is 9. The van der Waals surface area contributed by atoms with E-state index >= 15 is 4.39 Å². The van der Waals surface area contributed by atoms with Crippen molar-refractivity contribution in [2.75, 3.05) is 13.2 Å². The van der Waals surface area contributed by atoms with E-state index in [1.54, 1.807) is 57.2 Å². The fourth-order valence-corrected chi connectivity index (χ4v) is 3.21. The topological polar surface area (TPSA) is 61.8 Å². The standard InChI is InChI=1S/C29H27FO5/c1-18(2)28(31)34-15-14-33-24-10-6-21(7-11-24)22-8-12-25(26(30)17-22)23-9-13-27(20(5)16-23)35-29(32)19(3)4/h6-13,16-17H,1,3,14-15H2,2,4-5H3. The van der Waals surface area contributed by atoms with Crippen LogP contribution in [0.4, 0.5) is 4.39 Å². The first-order valence-corrected chi connectivity index (χ1v) is 11.0. The molecule has 0 unspecified atom stereocenters. The Hall–Kier alpha value is -4.19. The maximum atomic E-state index is 15.0. The molecule has 6 heteroatoms. The Kier molecular flexibility index (Phi) is 8.21. The van der Waals surface area contributed by atoms with Crippen molar-refractivity contribution in [3.05, 3.63) is 96.3 Å². The molecule has 0 aromatic heterocycles. The van der Waals surface area contributed by atoms with Crippen molar-refractivity contribution in [1.29, 1.82) is 0 Å². The van der Waals surface area contributed by atoms with Gasteiger partial charge in [0.25, 0.3) is 0 Å². The van der Waals surface area contributed by atoms with E-state index in [0.717, 1.165) is 11.1 Å². The van der Waals surface area contributed by atoms with E-state index in [0.29, 0.717) is 39.3 Å². The first-order chi connectivity index (χ1) is 16.7. The highest BCUT2D eigenvalue weighted by atomic mass is 19.1. The van der Waals surface area contributed by atoms with Crippen molar-refractivity contribution in [3.8, 4) is 33.8 Å². The van der Waals surface area contributed by atoms with Crippen molar-refractivity contribution in [2.24, 2.45) is 0 Å². The van der Waals surface area contributed by atoms with Crippen LogP contribution in [0, 0.1) is 12.7 Å². The lowest BCUT2D eigenvalue weighted by Gasteiger charge is -2.11. The molecule has 0 aliphatic heterocycles. The molecule has 0 saturated carbocycles. The predicted molar refractivity (Wildman–Crippen MR) is 134 cm³/mol. The first kappa shape index (κ1) is 25.4. The van der Waals surface area contributed by atoms with Gasteiger partial charge in [0.05, 0.1) is 0 Å². The summed E-state index contributed by atoms with van der Waals surface area (Å²) in [5.74, 6) is -0.297. The lowest BCUT2D eigenvalue weighted by molar-refractivity contribution is -0.139. The van der Waals surface area contributed by atoms with Gasteiger partial charge in [-0.25, -0.2) is 14.0 Å². The van der Waals surface area contributed by atoms with Crippen LogP contribution in [-0.2, 0) is 14.3 Å². The third kappa shape index (κ3) is 6.67. The van der Waals surface area contributed by atoms with Gasteiger partial charge in [0.2, 0.25) is 0 Å². The molecule has 0 fully saturated rings. The summed E-state index contributed by atoms with van der Waals surface area (Å²) in [5, 5.41) is 0. The molecule has 0 N–H and O–H groups in total. The van der Waals surface area contributed by atoms with E-state index in [4.69, 9.17) is 14.2 Å². The van der Waals surface area contributed by atoms with Gasteiger partial charge in [-0.05, 0) is 73.4 Å². The average molecular weight is 475 g/mol. The SMILES string of the molecule is C=C(C)C(=O)OCCOc1ccc(-c2ccc(-c3ccc(OC(=O)C(=C)C)c(C)c3)c(F)c2)cc1. The molecule has 3 aromatic carbocycles. The van der Waals surface area contributed by atoms with Crippen molar-refractivity contribution in [1.82, 2.24) is 0 Å². The van der Waals surface area contributed by atoms with E-state index in [1.165, 1.54) is 6.07 Å². The van der Waals surface area contributed by atoms with Gasteiger partial charge in [-0.2, -0.15) is 0 Å². The summed E-state index contributed by atoms with van der Waals surface area (Å²) in [6.45, 7) is 12.4. The van der Waals surface area contributed by atoms with Crippen molar-refractivity contribution in [3.63, 3.8) is 0 Å². The van der Waals surface area contributed by atoms with Crippen LogP contribution in [0.1, 0.15) is 19.4 Å². The predicted octanol–water partition coefficient (Wildman–Crippen LogP) is 6.45. The molecule has 0 spiro atoms. The summed E-state index contributed by atoms with van der Waals surface area (Å²) in [4.78, 5) is 23.1. The average Bonchev–Trinajstić information content (AvgIpc) is 2.83. The molecular weight excluding hydrogens is 447 g/mol. The fraction of sp³-hybridized carbons (Fsp3) is 0.172. The van der Waals surface area contributed by atoms with Crippen molar-refractivity contribution in [2.45, 2.75) is 20.8 Å². The Morgan fingerprint density at radius 3 is 2.03 bits per heavy atom. The number of benzene rings is 3. The molecule has 0 atom stereocenters. The van der Waals surface area contributed by atoms with Gasteiger partial charge in [-0.15, -0.1) is 0 Å². The monoisotopic (exact) mass is 474 g/mol. The fourth-order valence-electron chi connectivity index (χ4n) is 3.21. The molecule has 3 rings (SSSR count). The lowest BCUT2D eigenvalue weighted by atomic mass is 9.98. The number of aryl methyl sites for hydroxylation is 1. The Bertz CT molecular complexity index is 1270. The number of carbonyl (C=O) groups excluding carboxylic acids is 2. The number of esters is 2. The summed E-state index contributed by atoms with van der Waals surface area (Å²) < 4.78 is 30.9. The van der Waals surface area contributed by atoms with Crippen molar-refractivity contribution >= 4 is 11.9 Å². The van der Waals surface area contributed by atoms with Gasteiger partial charge in [0, 0.05) is 16.7 Å². The Labute approximate surface area is 204 Å². The summed E-state index contributed by atoms with van der Waals surface area (Å²) in [6, 6.07) is 17.4. The van der Waals surface area contributed by atoms with E-state index in [1.807, 2.05) is 18.2 Å². The molecule has 0 bridgehead atoms. The largest absolute Gasteiger partial charge is 0.490 e. The van der Waals surface area contributed by atoms with Crippen LogP contribution in [-0.4, -0.2) is 25.2 Å². The molecule has 0 aliphatic carbocycles. The molecule has 0 saturated heterocycles. The van der Waals surface area contributed by atoms with Gasteiger partial charge in [0.1, 0.15) is 30.5 Å². The third-order valence-electron chi connectivity index (χ3n) is 5.13. The molecular formula is C29H27FO5. The minimum Gasteiger partial charge on any atom is -0.490 e. The smallest absolute Gasteiger partial charge is 0.338 e. The molecule has 0 amide bonds. The Morgan fingerprint density at radius 2 is 1.43 bits per heavy atom. The number of hydrogen-bond donors (Lipinski definition) is 0. The third-order valence-corrected chi connectivity index (χ3v) is 5.13. The number of ether oxygens (including phenoxy) is 3. The van der Waals surface area contributed by atoms with Crippen LogP contribution < -0.4 is 9.47 Å². The molecule has 35 heavy (non-hydrogen) atoms. The summed E-state index contributed by atoms with van der Waals surface area (Å²) in [5.41, 5.74) is 4.02. The number of halogens is 1. The zero-order valence-electron chi connectivity index (χ0n) is 20.0. The molecule has 0 heterocycles. The number of carbonyl (C=O) groups is 2. The maximum absolute atomic E-state index is 15.0. The van der Waals surface area contributed by atoms with Crippen LogP contribution >= 0.6 is 0 Å². The highest BCUT2D eigenvalue weighted by Crippen LogP contribution is 2.31. The summed E-state index contributed by atoms with van der Waals surface area (Å²) in [6.07, 6.45) is 0. The second-order valence-corrected chi connectivity index (χ2v) is 8.13. The number of hydrogen-bond acceptors (Lipinski definition) is 5. The van der Waals surface area contributed by atoms with Crippen LogP contribution in [0.2, 0.25) is 0 Å². The zero-order chi connectivity index (χ0) is 25.5. The van der Waals surface area contributed by atoms with E-state index in [9.17, 15) is 9.59 Å². The first-order valence-electron chi connectivity index (χ1n) is 11.0. The Morgan fingerprint density at radius 1 is 0.800 bits per heavy atom. The molecule has 180 valence electrons. The lowest BCUT2D eigenvalue weighted by Crippen LogP contribution is -2.12. The summed E-state index contributed by atoms with van der Waals surface area (Å²) in [7, 11) is 0. The second-order valence-electron chi connectivity index (χ2n) is 8.13. The Balaban J connectivity index is 1.67. The minimum absolute atomic E-state index is 0.122. The highest BCUT2D eigenvalue weighted by Gasteiger charge is 2.12. The van der Waals surface area contributed by atoms with Gasteiger partial charge < -0.3 is 14.2 Å². The van der Waals surface area contributed by atoms with Gasteiger partial charge in [0.15, 0.2) is 0 Å². The van der Waals surface area contributed by atoms with Crippen LogP contribution in [0.5, 0.6) is 11.5 Å². The van der Waals surface area contributed by atoms with E-state index < -0.39 is 11.9 Å². The van der Waals surface area contributed by atoms with Gasteiger partial charge in [-0.3, -0.25) is 0 Å². The van der Waals surface area contributed by atoms with Crippen LogP contribution in [0.3, 0.4) is 0 Å². The van der Waals surface area contributed by atoms with Crippen molar-refractivity contribution < 1.29 is 28.2 Å². The molecule has 5 nitrogen and oxygen atoms in total. The maximum Gasteiger partial charge on any atom is 0.338 e. The van der Waals surface area contributed by atoms with Gasteiger partial charge >= 0.3 is 11.9 Å². The highest BCUT2D eigenvalue weighted by molar-refractivity contribution is 5.89. The van der Waals surface area contributed by atoms with E-state index in [2.05, 4.69) is 13.2 Å². The van der Waals surface area contributed by atoms with Crippen LogP contribution in [0.25, 0.3) is 22.3 Å². The zero-order valence-corrected chi connectivity index (χ0v) is 20.0. The molecule has 0 aliphatic rings. The summed E-state index contributed by atoms with van der Waals surface area (Å²) >= 11 is 0. The van der Waals surface area contributed by atoms with Crippen LogP contribution in [0.15, 0.2) is 85.0 Å². The minimum atomic E-state index is -0.501. The quantitative estimate of drug-likeness (QED) is 0.154.